The fourth-order valence-corrected chi connectivity index (χ4v) is 1.91. The van der Waals surface area contributed by atoms with Crippen molar-refractivity contribution in [3.63, 3.8) is 0 Å². The van der Waals surface area contributed by atoms with E-state index >= 15 is 0 Å². The van der Waals surface area contributed by atoms with Crippen molar-refractivity contribution in [1.29, 1.82) is 0 Å². The van der Waals surface area contributed by atoms with Crippen molar-refractivity contribution in [3.05, 3.63) is 11.5 Å². The van der Waals surface area contributed by atoms with E-state index in [1.54, 1.807) is 0 Å². The Morgan fingerprint density at radius 3 is 2.13 bits per heavy atom. The van der Waals surface area contributed by atoms with E-state index < -0.39 is 0 Å². The molecule has 1 aromatic rings. The molecular formula is C12H23N3. The van der Waals surface area contributed by atoms with Crippen molar-refractivity contribution in [1.82, 2.24) is 9.55 Å². The molecule has 0 aromatic carbocycles. The minimum atomic E-state index is 0.00949. The lowest BCUT2D eigenvalue weighted by molar-refractivity contribution is 0.389. The van der Waals surface area contributed by atoms with E-state index in [9.17, 15) is 0 Å². The van der Waals surface area contributed by atoms with Crippen molar-refractivity contribution >= 4 is 5.82 Å². The molecule has 0 aliphatic heterocycles. The Morgan fingerprint density at radius 1 is 1.33 bits per heavy atom. The lowest BCUT2D eigenvalue weighted by Crippen LogP contribution is -2.25. The van der Waals surface area contributed by atoms with Gasteiger partial charge in [0, 0.05) is 12.0 Å². The van der Waals surface area contributed by atoms with Gasteiger partial charge >= 0.3 is 0 Å². The van der Waals surface area contributed by atoms with Crippen LogP contribution >= 0.6 is 0 Å². The van der Waals surface area contributed by atoms with Crippen molar-refractivity contribution in [2.24, 2.45) is 0 Å². The lowest BCUT2D eigenvalue weighted by atomic mass is 10.1. The van der Waals surface area contributed by atoms with E-state index in [4.69, 9.17) is 5.73 Å². The van der Waals surface area contributed by atoms with Gasteiger partial charge in [0.05, 0.1) is 5.69 Å². The molecule has 0 saturated heterocycles. The zero-order valence-corrected chi connectivity index (χ0v) is 10.8. The third kappa shape index (κ3) is 2.16. The van der Waals surface area contributed by atoms with Crippen LogP contribution in [0.1, 0.15) is 59.0 Å². The molecule has 86 valence electrons. The van der Waals surface area contributed by atoms with E-state index in [1.165, 1.54) is 0 Å². The van der Waals surface area contributed by atoms with Crippen LogP contribution in [0.3, 0.4) is 0 Å². The summed E-state index contributed by atoms with van der Waals surface area (Å²) in [5.41, 5.74) is 7.21. The average Bonchev–Trinajstić information content (AvgIpc) is 2.41. The molecule has 0 aliphatic carbocycles. The molecule has 3 heteroatoms. The number of hydrogen-bond donors (Lipinski definition) is 1. The third-order valence-corrected chi connectivity index (χ3v) is 2.54. The second-order valence-electron chi connectivity index (χ2n) is 5.31. The predicted octanol–water partition coefficient (Wildman–Crippen LogP) is 2.91. The number of hydrogen-bond acceptors (Lipinski definition) is 2. The molecule has 0 saturated carbocycles. The monoisotopic (exact) mass is 209 g/mol. The van der Waals surface area contributed by atoms with Crippen LogP contribution in [0.25, 0.3) is 0 Å². The lowest BCUT2D eigenvalue weighted by Gasteiger charge is -2.25. The molecule has 0 aliphatic rings. The van der Waals surface area contributed by atoms with Crippen molar-refractivity contribution in [2.45, 2.75) is 59.4 Å². The highest BCUT2D eigenvalue weighted by molar-refractivity contribution is 5.41. The average molecular weight is 209 g/mol. The molecule has 1 heterocycles. The maximum absolute atomic E-state index is 6.17. The summed E-state index contributed by atoms with van der Waals surface area (Å²) in [5, 5.41) is 0. The number of nitrogens with zero attached hydrogens (tertiary/aromatic N) is 2. The minimum Gasteiger partial charge on any atom is -0.384 e. The highest BCUT2D eigenvalue weighted by Crippen LogP contribution is 2.28. The standard InChI is InChI=1S/C12H23N3/c1-7-9-14-10(8(2)3)11(13)15(9)12(4,5)6/h8H,7,13H2,1-6H3. The van der Waals surface area contributed by atoms with Gasteiger partial charge in [0.2, 0.25) is 0 Å². The second-order valence-corrected chi connectivity index (χ2v) is 5.31. The summed E-state index contributed by atoms with van der Waals surface area (Å²) in [6.07, 6.45) is 0.925. The van der Waals surface area contributed by atoms with Gasteiger partial charge in [-0.25, -0.2) is 4.98 Å². The first-order valence-electron chi connectivity index (χ1n) is 5.66. The van der Waals surface area contributed by atoms with Crippen molar-refractivity contribution in [3.8, 4) is 0 Å². The van der Waals surface area contributed by atoms with Crippen LogP contribution in [0.15, 0.2) is 0 Å². The summed E-state index contributed by atoms with van der Waals surface area (Å²) in [6.45, 7) is 12.9. The Hall–Kier alpha value is -0.990. The van der Waals surface area contributed by atoms with Crippen molar-refractivity contribution in [2.75, 3.05) is 5.73 Å². The summed E-state index contributed by atoms with van der Waals surface area (Å²) < 4.78 is 2.16. The van der Waals surface area contributed by atoms with E-state index in [1.807, 2.05) is 0 Å². The van der Waals surface area contributed by atoms with Crippen LogP contribution in [0.5, 0.6) is 0 Å². The second kappa shape index (κ2) is 3.87. The number of aromatic nitrogens is 2. The first-order valence-corrected chi connectivity index (χ1v) is 5.66. The summed E-state index contributed by atoms with van der Waals surface area (Å²) in [5.74, 6) is 2.30. The van der Waals surface area contributed by atoms with Gasteiger partial charge in [-0.3, -0.25) is 0 Å². The number of imidazole rings is 1. The number of rotatable bonds is 2. The zero-order chi connectivity index (χ0) is 11.8. The van der Waals surface area contributed by atoms with Crippen LogP contribution in [0.4, 0.5) is 5.82 Å². The first-order chi connectivity index (χ1) is 6.79. The number of anilines is 1. The van der Waals surface area contributed by atoms with Gasteiger partial charge in [0.1, 0.15) is 11.6 Å². The van der Waals surface area contributed by atoms with Gasteiger partial charge in [-0.2, -0.15) is 0 Å². The van der Waals surface area contributed by atoms with Crippen LogP contribution in [0.2, 0.25) is 0 Å². The Morgan fingerprint density at radius 2 is 1.87 bits per heavy atom. The summed E-state index contributed by atoms with van der Waals surface area (Å²) in [6, 6.07) is 0. The van der Waals surface area contributed by atoms with Crippen LogP contribution in [-0.2, 0) is 12.0 Å². The molecule has 3 nitrogen and oxygen atoms in total. The summed E-state index contributed by atoms with van der Waals surface area (Å²) in [4.78, 5) is 4.63. The molecule has 15 heavy (non-hydrogen) atoms. The zero-order valence-electron chi connectivity index (χ0n) is 10.8. The van der Waals surface area contributed by atoms with E-state index in [0.717, 1.165) is 23.8 Å². The predicted molar refractivity (Wildman–Crippen MR) is 65.1 cm³/mol. The Kier molecular flexibility index (Phi) is 3.12. The summed E-state index contributed by atoms with van der Waals surface area (Å²) >= 11 is 0. The number of nitrogens with two attached hydrogens (primary N) is 1. The smallest absolute Gasteiger partial charge is 0.127 e. The highest BCUT2D eigenvalue weighted by Gasteiger charge is 2.23. The van der Waals surface area contributed by atoms with Crippen LogP contribution in [-0.4, -0.2) is 9.55 Å². The van der Waals surface area contributed by atoms with E-state index in [0.29, 0.717) is 5.92 Å². The van der Waals surface area contributed by atoms with E-state index in [2.05, 4.69) is 51.1 Å². The van der Waals surface area contributed by atoms with Gasteiger partial charge in [-0.15, -0.1) is 0 Å². The normalized spacial score (nSPS) is 12.5. The molecule has 1 aromatic heterocycles. The fourth-order valence-electron chi connectivity index (χ4n) is 1.91. The van der Waals surface area contributed by atoms with Gasteiger partial charge < -0.3 is 10.3 Å². The van der Waals surface area contributed by atoms with Gasteiger partial charge in [0.25, 0.3) is 0 Å². The van der Waals surface area contributed by atoms with Gasteiger partial charge in [-0.1, -0.05) is 20.8 Å². The molecule has 0 unspecified atom stereocenters. The van der Waals surface area contributed by atoms with Gasteiger partial charge in [-0.05, 0) is 26.7 Å². The molecule has 0 radical (unpaired) electrons. The molecule has 1 rings (SSSR count). The maximum Gasteiger partial charge on any atom is 0.127 e. The molecule has 0 spiro atoms. The minimum absolute atomic E-state index is 0.00949. The molecule has 0 atom stereocenters. The molecule has 0 fully saturated rings. The van der Waals surface area contributed by atoms with E-state index in [-0.39, 0.29) is 5.54 Å². The Labute approximate surface area is 92.7 Å². The first kappa shape index (κ1) is 12.1. The quantitative estimate of drug-likeness (QED) is 0.814. The Bertz CT molecular complexity index is 342. The number of aryl methyl sites for hydroxylation is 1. The molecule has 0 amide bonds. The number of nitrogen functional groups attached to an aromatic ring is 1. The topological polar surface area (TPSA) is 43.8 Å². The molecular weight excluding hydrogens is 186 g/mol. The van der Waals surface area contributed by atoms with Crippen molar-refractivity contribution < 1.29 is 0 Å². The van der Waals surface area contributed by atoms with Crippen LogP contribution < -0.4 is 5.73 Å². The molecule has 2 N–H and O–H groups in total. The SMILES string of the molecule is CCc1nc(C(C)C)c(N)n1C(C)(C)C. The third-order valence-electron chi connectivity index (χ3n) is 2.54. The Balaban J connectivity index is 3.37. The highest BCUT2D eigenvalue weighted by atomic mass is 15.2. The molecule has 0 bridgehead atoms. The van der Waals surface area contributed by atoms with Crippen LogP contribution in [0, 0.1) is 0 Å². The fraction of sp³-hybridized carbons (Fsp3) is 0.750. The van der Waals surface area contributed by atoms with Gasteiger partial charge in [0.15, 0.2) is 0 Å². The maximum atomic E-state index is 6.17. The summed E-state index contributed by atoms with van der Waals surface area (Å²) in [7, 11) is 0. The largest absolute Gasteiger partial charge is 0.384 e.